The van der Waals surface area contributed by atoms with Crippen molar-refractivity contribution in [3.63, 3.8) is 0 Å². The Morgan fingerprint density at radius 2 is 2.12 bits per heavy atom. The lowest BCUT2D eigenvalue weighted by atomic mass is 10.0. The summed E-state index contributed by atoms with van der Waals surface area (Å²) in [5.41, 5.74) is 7.65. The lowest BCUT2D eigenvalue weighted by Crippen LogP contribution is -2.10. The van der Waals surface area contributed by atoms with Crippen LogP contribution < -0.4 is 11.1 Å². The van der Waals surface area contributed by atoms with Crippen molar-refractivity contribution >= 4 is 11.5 Å². The molecule has 0 aliphatic heterocycles. The van der Waals surface area contributed by atoms with Gasteiger partial charge in [-0.15, -0.1) is 0 Å². The molecule has 90 valence electrons. The molecule has 1 aliphatic carbocycles. The van der Waals surface area contributed by atoms with E-state index < -0.39 is 0 Å². The van der Waals surface area contributed by atoms with Crippen LogP contribution in [0.2, 0.25) is 0 Å². The standard InChI is InChI=1S/C12H22N4/c1-9-11(13)12(16(2)15-9)14-8-7-10-5-3-4-6-10/h10,14H,3-8,13H2,1-2H3. The van der Waals surface area contributed by atoms with E-state index in [1.807, 2.05) is 18.7 Å². The molecule has 1 saturated carbocycles. The number of nitrogens with two attached hydrogens (primary N) is 1. The fourth-order valence-electron chi connectivity index (χ4n) is 2.58. The van der Waals surface area contributed by atoms with Gasteiger partial charge < -0.3 is 11.1 Å². The maximum absolute atomic E-state index is 5.95. The van der Waals surface area contributed by atoms with Gasteiger partial charge in [-0.1, -0.05) is 25.7 Å². The lowest BCUT2D eigenvalue weighted by Gasteiger charge is -2.11. The highest BCUT2D eigenvalue weighted by molar-refractivity contribution is 5.64. The molecule has 0 amide bonds. The van der Waals surface area contributed by atoms with E-state index in [0.29, 0.717) is 0 Å². The zero-order valence-electron chi connectivity index (χ0n) is 10.3. The molecule has 0 unspecified atom stereocenters. The Labute approximate surface area is 97.2 Å². The average Bonchev–Trinajstić information content (AvgIpc) is 2.82. The van der Waals surface area contributed by atoms with E-state index in [1.165, 1.54) is 32.1 Å². The number of nitrogen functional groups attached to an aromatic ring is 1. The number of aryl methyl sites for hydroxylation is 2. The van der Waals surface area contributed by atoms with Gasteiger partial charge in [-0.2, -0.15) is 5.10 Å². The van der Waals surface area contributed by atoms with Crippen molar-refractivity contribution in [2.45, 2.75) is 39.0 Å². The zero-order valence-corrected chi connectivity index (χ0v) is 10.3. The van der Waals surface area contributed by atoms with Crippen molar-refractivity contribution in [1.82, 2.24) is 9.78 Å². The Bertz CT molecular complexity index is 350. The van der Waals surface area contributed by atoms with E-state index in [9.17, 15) is 0 Å². The topological polar surface area (TPSA) is 55.9 Å². The number of hydrogen-bond acceptors (Lipinski definition) is 3. The van der Waals surface area contributed by atoms with Gasteiger partial charge in [-0.05, 0) is 19.3 Å². The van der Waals surface area contributed by atoms with E-state index >= 15 is 0 Å². The van der Waals surface area contributed by atoms with Crippen LogP contribution in [0, 0.1) is 12.8 Å². The van der Waals surface area contributed by atoms with Crippen LogP contribution in [0.4, 0.5) is 11.5 Å². The van der Waals surface area contributed by atoms with Crippen LogP contribution in [0.3, 0.4) is 0 Å². The van der Waals surface area contributed by atoms with Crippen LogP contribution in [0.1, 0.15) is 37.8 Å². The fourth-order valence-corrected chi connectivity index (χ4v) is 2.58. The van der Waals surface area contributed by atoms with Crippen molar-refractivity contribution in [3.05, 3.63) is 5.69 Å². The molecule has 1 aromatic rings. The summed E-state index contributed by atoms with van der Waals surface area (Å²) in [7, 11) is 1.93. The minimum absolute atomic E-state index is 0.786. The molecule has 4 nitrogen and oxygen atoms in total. The van der Waals surface area contributed by atoms with E-state index in [2.05, 4.69) is 10.4 Å². The van der Waals surface area contributed by atoms with Gasteiger partial charge in [0.1, 0.15) is 5.82 Å². The summed E-state index contributed by atoms with van der Waals surface area (Å²) in [5, 5.41) is 7.69. The summed E-state index contributed by atoms with van der Waals surface area (Å²) in [6, 6.07) is 0. The van der Waals surface area contributed by atoms with Gasteiger partial charge in [0.15, 0.2) is 0 Å². The average molecular weight is 222 g/mol. The van der Waals surface area contributed by atoms with Crippen LogP contribution >= 0.6 is 0 Å². The maximum atomic E-state index is 5.95. The molecular weight excluding hydrogens is 200 g/mol. The molecule has 2 rings (SSSR count). The summed E-state index contributed by atoms with van der Waals surface area (Å²) in [6.07, 6.45) is 6.89. The molecule has 4 heteroatoms. The molecule has 1 heterocycles. The van der Waals surface area contributed by atoms with Gasteiger partial charge >= 0.3 is 0 Å². The Kier molecular flexibility index (Phi) is 3.36. The van der Waals surface area contributed by atoms with Crippen LogP contribution in [-0.2, 0) is 7.05 Å². The van der Waals surface area contributed by atoms with Gasteiger partial charge in [-0.25, -0.2) is 0 Å². The molecule has 0 radical (unpaired) electrons. The largest absolute Gasteiger partial charge is 0.394 e. The van der Waals surface area contributed by atoms with Crippen molar-refractivity contribution in [1.29, 1.82) is 0 Å². The third-order valence-corrected chi connectivity index (χ3v) is 3.59. The summed E-state index contributed by atoms with van der Waals surface area (Å²) in [4.78, 5) is 0. The minimum Gasteiger partial charge on any atom is -0.394 e. The molecule has 0 atom stereocenters. The maximum Gasteiger partial charge on any atom is 0.147 e. The number of rotatable bonds is 4. The Hall–Kier alpha value is -1.19. The molecule has 0 saturated heterocycles. The third kappa shape index (κ3) is 2.31. The summed E-state index contributed by atoms with van der Waals surface area (Å²) < 4.78 is 1.83. The highest BCUT2D eigenvalue weighted by Gasteiger charge is 2.15. The monoisotopic (exact) mass is 222 g/mol. The van der Waals surface area contributed by atoms with Crippen LogP contribution in [0.15, 0.2) is 0 Å². The van der Waals surface area contributed by atoms with Crippen molar-refractivity contribution in [2.24, 2.45) is 13.0 Å². The van der Waals surface area contributed by atoms with Gasteiger partial charge in [-0.3, -0.25) is 4.68 Å². The van der Waals surface area contributed by atoms with Crippen LogP contribution in [0.5, 0.6) is 0 Å². The second kappa shape index (κ2) is 4.76. The van der Waals surface area contributed by atoms with Crippen molar-refractivity contribution in [2.75, 3.05) is 17.6 Å². The zero-order chi connectivity index (χ0) is 11.5. The van der Waals surface area contributed by atoms with E-state index in [-0.39, 0.29) is 0 Å². The quantitative estimate of drug-likeness (QED) is 0.822. The molecule has 1 fully saturated rings. The number of nitrogens with one attached hydrogen (secondary N) is 1. The molecule has 0 bridgehead atoms. The summed E-state index contributed by atoms with van der Waals surface area (Å²) in [5.74, 6) is 1.89. The molecule has 0 spiro atoms. The molecular formula is C12H22N4. The highest BCUT2D eigenvalue weighted by atomic mass is 15.3. The molecule has 3 N–H and O–H groups in total. The first-order chi connectivity index (χ1) is 7.68. The molecule has 16 heavy (non-hydrogen) atoms. The predicted octanol–water partition coefficient (Wildman–Crippen LogP) is 2.30. The predicted molar refractivity (Wildman–Crippen MR) is 67.4 cm³/mol. The first kappa shape index (κ1) is 11.3. The van der Waals surface area contributed by atoms with Gasteiger partial charge in [0.25, 0.3) is 0 Å². The Morgan fingerprint density at radius 3 is 2.69 bits per heavy atom. The Morgan fingerprint density at radius 1 is 1.44 bits per heavy atom. The number of anilines is 2. The van der Waals surface area contributed by atoms with E-state index in [4.69, 9.17) is 5.73 Å². The van der Waals surface area contributed by atoms with Gasteiger partial charge in [0.2, 0.25) is 0 Å². The van der Waals surface area contributed by atoms with Crippen LogP contribution in [-0.4, -0.2) is 16.3 Å². The SMILES string of the molecule is Cc1nn(C)c(NCCC2CCCC2)c1N. The van der Waals surface area contributed by atoms with Crippen molar-refractivity contribution < 1.29 is 0 Å². The Balaban J connectivity index is 1.84. The third-order valence-electron chi connectivity index (χ3n) is 3.59. The van der Waals surface area contributed by atoms with Gasteiger partial charge in [0, 0.05) is 13.6 Å². The van der Waals surface area contributed by atoms with Crippen molar-refractivity contribution in [3.8, 4) is 0 Å². The molecule has 1 aromatic heterocycles. The minimum atomic E-state index is 0.786. The lowest BCUT2D eigenvalue weighted by molar-refractivity contribution is 0.517. The molecule has 1 aliphatic rings. The normalized spacial score (nSPS) is 16.9. The van der Waals surface area contributed by atoms with Crippen LogP contribution in [0.25, 0.3) is 0 Å². The first-order valence-corrected chi connectivity index (χ1v) is 6.21. The fraction of sp³-hybridized carbons (Fsp3) is 0.750. The second-order valence-electron chi connectivity index (χ2n) is 4.84. The summed E-state index contributed by atoms with van der Waals surface area (Å²) >= 11 is 0. The number of nitrogens with zero attached hydrogens (tertiary/aromatic N) is 2. The number of hydrogen-bond donors (Lipinski definition) is 2. The molecule has 0 aromatic carbocycles. The smallest absolute Gasteiger partial charge is 0.147 e. The van der Waals surface area contributed by atoms with E-state index in [0.717, 1.165) is 29.7 Å². The number of aromatic nitrogens is 2. The van der Waals surface area contributed by atoms with E-state index in [1.54, 1.807) is 0 Å². The highest BCUT2D eigenvalue weighted by Crippen LogP contribution is 2.28. The first-order valence-electron chi connectivity index (χ1n) is 6.21. The second-order valence-corrected chi connectivity index (χ2v) is 4.84. The summed E-state index contributed by atoms with van der Waals surface area (Å²) in [6.45, 7) is 2.95. The van der Waals surface area contributed by atoms with Gasteiger partial charge in [0.05, 0.1) is 11.4 Å².